The van der Waals surface area contributed by atoms with Gasteiger partial charge < -0.3 is 5.11 Å². The summed E-state index contributed by atoms with van der Waals surface area (Å²) in [6.07, 6.45) is 17.5. The van der Waals surface area contributed by atoms with Crippen LogP contribution in [0.5, 0.6) is 0 Å². The second kappa shape index (κ2) is 5.52. The van der Waals surface area contributed by atoms with Gasteiger partial charge in [0.2, 0.25) is 0 Å². The number of terminal acetylenes is 1. The van der Waals surface area contributed by atoms with Crippen molar-refractivity contribution in [2.24, 2.45) is 35.0 Å². The molecule has 4 rings (SSSR count). The van der Waals surface area contributed by atoms with Gasteiger partial charge in [0.25, 0.3) is 0 Å². The Morgan fingerprint density at radius 3 is 3.00 bits per heavy atom. The molecule has 124 valence electrons. The van der Waals surface area contributed by atoms with Crippen LogP contribution in [0, 0.1) is 47.3 Å². The third kappa shape index (κ3) is 2.04. The van der Waals surface area contributed by atoms with Crippen LogP contribution in [-0.2, 0) is 0 Å². The van der Waals surface area contributed by atoms with Crippen molar-refractivity contribution in [1.29, 1.82) is 0 Å². The van der Waals surface area contributed by atoms with Crippen molar-refractivity contribution >= 4 is 0 Å². The van der Waals surface area contributed by atoms with E-state index in [0.717, 1.165) is 25.2 Å². The predicted molar refractivity (Wildman–Crippen MR) is 94.6 cm³/mol. The standard InChI is InChI=1S/C22H30O/c1-4-15-12-19-18-11-10-16-8-6-7-9-17(16)20(18)14(3)13-22(19,5-2)21(15)23/h1,8,15,17-21,23H,3,5-7,9-13H2,2H3/t15-,17?,18?,19?,20?,21+,22+/m1/s1. The van der Waals surface area contributed by atoms with E-state index in [1.54, 1.807) is 5.57 Å². The van der Waals surface area contributed by atoms with Gasteiger partial charge in [-0.25, -0.2) is 0 Å². The topological polar surface area (TPSA) is 20.2 Å². The van der Waals surface area contributed by atoms with Gasteiger partial charge in [0, 0.05) is 11.3 Å². The summed E-state index contributed by atoms with van der Waals surface area (Å²) < 4.78 is 0. The van der Waals surface area contributed by atoms with E-state index < -0.39 is 0 Å². The van der Waals surface area contributed by atoms with Crippen LogP contribution in [0.3, 0.4) is 0 Å². The number of hydrogen-bond donors (Lipinski definition) is 1. The van der Waals surface area contributed by atoms with Crippen molar-refractivity contribution in [1.82, 2.24) is 0 Å². The molecule has 0 saturated heterocycles. The van der Waals surface area contributed by atoms with E-state index in [2.05, 4.69) is 25.5 Å². The van der Waals surface area contributed by atoms with Crippen LogP contribution < -0.4 is 0 Å². The van der Waals surface area contributed by atoms with Crippen molar-refractivity contribution in [2.45, 2.75) is 64.4 Å². The van der Waals surface area contributed by atoms with E-state index in [1.165, 1.54) is 37.7 Å². The normalized spacial score (nSPS) is 48.7. The van der Waals surface area contributed by atoms with Gasteiger partial charge in [0.05, 0.1) is 6.10 Å². The maximum atomic E-state index is 11.0. The molecule has 0 radical (unpaired) electrons. The smallest absolute Gasteiger partial charge is 0.0739 e. The van der Waals surface area contributed by atoms with Crippen LogP contribution in [0.2, 0.25) is 0 Å². The lowest BCUT2D eigenvalue weighted by Crippen LogP contribution is -2.49. The molecular formula is C22H30O. The highest BCUT2D eigenvalue weighted by molar-refractivity contribution is 5.29. The minimum atomic E-state index is -0.330. The van der Waals surface area contributed by atoms with Gasteiger partial charge in [-0.1, -0.05) is 30.7 Å². The quantitative estimate of drug-likeness (QED) is 0.548. The predicted octanol–water partition coefficient (Wildman–Crippen LogP) is 4.73. The van der Waals surface area contributed by atoms with Gasteiger partial charge in [-0.3, -0.25) is 0 Å². The molecule has 23 heavy (non-hydrogen) atoms. The lowest BCUT2D eigenvalue weighted by Gasteiger charge is -2.55. The van der Waals surface area contributed by atoms with Crippen molar-refractivity contribution in [2.75, 3.05) is 0 Å². The molecule has 7 atom stereocenters. The number of aliphatic hydroxyl groups excluding tert-OH is 1. The first kappa shape index (κ1) is 15.5. The molecule has 0 aromatic heterocycles. The van der Waals surface area contributed by atoms with Gasteiger partial charge >= 0.3 is 0 Å². The molecule has 1 N–H and O–H groups in total. The van der Waals surface area contributed by atoms with Gasteiger partial charge in [-0.15, -0.1) is 12.3 Å². The van der Waals surface area contributed by atoms with Gasteiger partial charge in [0.15, 0.2) is 0 Å². The van der Waals surface area contributed by atoms with E-state index in [4.69, 9.17) is 6.42 Å². The maximum absolute atomic E-state index is 11.0. The van der Waals surface area contributed by atoms with E-state index in [9.17, 15) is 5.11 Å². The van der Waals surface area contributed by atoms with Gasteiger partial charge in [-0.05, 0) is 75.0 Å². The summed E-state index contributed by atoms with van der Waals surface area (Å²) >= 11 is 0. The monoisotopic (exact) mass is 310 g/mol. The van der Waals surface area contributed by atoms with Gasteiger partial charge in [-0.2, -0.15) is 0 Å². The Morgan fingerprint density at radius 1 is 1.43 bits per heavy atom. The van der Waals surface area contributed by atoms with E-state index in [0.29, 0.717) is 17.8 Å². The molecule has 4 unspecified atom stereocenters. The Labute approximate surface area is 141 Å². The Balaban J connectivity index is 1.73. The summed E-state index contributed by atoms with van der Waals surface area (Å²) in [5.74, 6) is 5.65. The van der Waals surface area contributed by atoms with Gasteiger partial charge in [0.1, 0.15) is 0 Å². The lowest BCUT2D eigenvalue weighted by molar-refractivity contribution is -0.0455. The summed E-state index contributed by atoms with van der Waals surface area (Å²) in [6, 6.07) is 0. The zero-order chi connectivity index (χ0) is 16.2. The van der Waals surface area contributed by atoms with E-state index in [-0.39, 0.29) is 17.4 Å². The van der Waals surface area contributed by atoms with E-state index in [1.807, 2.05) is 0 Å². The minimum Gasteiger partial charge on any atom is -0.391 e. The third-order valence-electron chi connectivity index (χ3n) is 7.90. The van der Waals surface area contributed by atoms with Crippen LogP contribution >= 0.6 is 0 Å². The summed E-state index contributed by atoms with van der Waals surface area (Å²) in [7, 11) is 0. The largest absolute Gasteiger partial charge is 0.391 e. The summed E-state index contributed by atoms with van der Waals surface area (Å²) in [5.41, 5.74) is 3.14. The number of aliphatic hydroxyl groups is 1. The number of rotatable bonds is 1. The van der Waals surface area contributed by atoms with Crippen LogP contribution in [0.15, 0.2) is 23.8 Å². The number of fused-ring (bicyclic) bond motifs is 5. The lowest BCUT2D eigenvalue weighted by atomic mass is 9.50. The molecule has 3 saturated carbocycles. The molecule has 0 aromatic rings. The molecule has 3 fully saturated rings. The molecule has 1 heteroatoms. The fourth-order valence-electron chi connectivity index (χ4n) is 6.90. The number of allylic oxidation sites excluding steroid dienone is 3. The minimum absolute atomic E-state index is 0.00513. The average Bonchev–Trinajstić information content (AvgIpc) is 2.87. The summed E-state index contributed by atoms with van der Waals surface area (Å²) in [4.78, 5) is 0. The molecule has 0 bridgehead atoms. The fraction of sp³-hybridized carbons (Fsp3) is 0.727. The first-order valence-electron chi connectivity index (χ1n) is 9.63. The van der Waals surface area contributed by atoms with Crippen molar-refractivity contribution in [3.05, 3.63) is 23.8 Å². The third-order valence-corrected chi connectivity index (χ3v) is 7.90. The average molecular weight is 310 g/mol. The van der Waals surface area contributed by atoms with Crippen LogP contribution in [0.25, 0.3) is 0 Å². The molecule has 0 heterocycles. The molecular weight excluding hydrogens is 280 g/mol. The highest BCUT2D eigenvalue weighted by Crippen LogP contribution is 2.65. The highest BCUT2D eigenvalue weighted by Gasteiger charge is 2.61. The molecule has 0 spiro atoms. The molecule has 0 aromatic carbocycles. The highest BCUT2D eigenvalue weighted by atomic mass is 16.3. The zero-order valence-corrected chi connectivity index (χ0v) is 14.4. The fourth-order valence-corrected chi connectivity index (χ4v) is 6.90. The molecule has 1 nitrogen and oxygen atoms in total. The Kier molecular flexibility index (Phi) is 3.73. The van der Waals surface area contributed by atoms with Crippen LogP contribution in [-0.4, -0.2) is 11.2 Å². The van der Waals surface area contributed by atoms with Crippen LogP contribution in [0.4, 0.5) is 0 Å². The van der Waals surface area contributed by atoms with Crippen molar-refractivity contribution < 1.29 is 5.11 Å². The van der Waals surface area contributed by atoms with E-state index >= 15 is 0 Å². The molecule has 0 amide bonds. The molecule has 0 aliphatic heterocycles. The molecule has 4 aliphatic carbocycles. The number of hydrogen-bond acceptors (Lipinski definition) is 1. The zero-order valence-electron chi connectivity index (χ0n) is 14.4. The SMILES string of the molecule is C#C[C@@H]1CC2C3CCC4=CCCCC4C3C(=C)C[C@]2(CC)[C@H]1O. The second-order valence-corrected chi connectivity index (χ2v) is 8.53. The van der Waals surface area contributed by atoms with Crippen molar-refractivity contribution in [3.8, 4) is 12.3 Å². The van der Waals surface area contributed by atoms with Crippen molar-refractivity contribution in [3.63, 3.8) is 0 Å². The maximum Gasteiger partial charge on any atom is 0.0739 e. The second-order valence-electron chi connectivity index (χ2n) is 8.53. The summed E-state index contributed by atoms with van der Waals surface area (Å²) in [6.45, 7) is 6.79. The first-order chi connectivity index (χ1) is 11.1. The van der Waals surface area contributed by atoms with Crippen LogP contribution in [0.1, 0.15) is 58.3 Å². The molecule has 4 aliphatic rings. The Morgan fingerprint density at radius 2 is 2.26 bits per heavy atom. The summed E-state index contributed by atoms with van der Waals surface area (Å²) in [5, 5.41) is 11.0. The first-order valence-corrected chi connectivity index (χ1v) is 9.63. The Bertz CT molecular complexity index is 579. The Hall–Kier alpha value is -1.00.